The normalized spacial score (nSPS) is 12.2. The summed E-state index contributed by atoms with van der Waals surface area (Å²) in [5.41, 5.74) is 1.65. The van der Waals surface area contributed by atoms with Gasteiger partial charge in [-0.05, 0) is 18.3 Å². The van der Waals surface area contributed by atoms with Crippen molar-refractivity contribution in [1.82, 2.24) is 0 Å². The quantitative estimate of drug-likeness (QED) is 0.558. The maximum absolute atomic E-state index is 4.05. The van der Waals surface area contributed by atoms with Gasteiger partial charge in [0.15, 0.2) is 0 Å². The summed E-state index contributed by atoms with van der Waals surface area (Å²) < 4.78 is 0. The van der Waals surface area contributed by atoms with E-state index in [2.05, 4.69) is 37.2 Å². The molecule has 0 N–H and O–H groups in total. The lowest BCUT2D eigenvalue weighted by molar-refractivity contribution is 0.635. The largest absolute Gasteiger partial charge is 0.156 e. The zero-order valence-electron chi connectivity index (χ0n) is 11.2. The van der Waals surface area contributed by atoms with Crippen LogP contribution in [0.4, 0.5) is 0 Å². The molecule has 0 rings (SSSR count). The van der Waals surface area contributed by atoms with Crippen LogP contribution in [0.2, 0.25) is 0 Å². The van der Waals surface area contributed by atoms with Crippen LogP contribution in [0.25, 0.3) is 0 Å². The predicted octanol–water partition coefficient (Wildman–Crippen LogP) is 5.19. The summed E-state index contributed by atoms with van der Waals surface area (Å²) in [4.78, 5) is 0. The lowest BCUT2D eigenvalue weighted by Crippen LogP contribution is -1.93. The fraction of sp³-hybridized carbons (Fsp3) is 0.692. The molecule has 0 aliphatic carbocycles. The van der Waals surface area contributed by atoms with Gasteiger partial charge in [0.1, 0.15) is 0 Å². The SMILES string of the molecule is C=C(N=NC(=C)C(C)CC)C(C)C.CC. The molecule has 0 spiro atoms. The lowest BCUT2D eigenvalue weighted by atomic mass is 10.1. The standard InChI is InChI=1S/C11H20N2.C2H6/c1-7-9(4)11(6)13-12-10(5)8(2)3;1-2/h8-9H,5-7H2,1-4H3;1-2H3. The number of azo groups is 1. The van der Waals surface area contributed by atoms with Crippen LogP contribution >= 0.6 is 0 Å². The molecule has 0 aliphatic heterocycles. The van der Waals surface area contributed by atoms with Gasteiger partial charge in [0, 0.05) is 0 Å². The van der Waals surface area contributed by atoms with Gasteiger partial charge in [-0.25, -0.2) is 0 Å². The van der Waals surface area contributed by atoms with Gasteiger partial charge in [0.25, 0.3) is 0 Å². The predicted molar refractivity (Wildman–Crippen MR) is 68.8 cm³/mol. The number of allylic oxidation sites excluding steroid dienone is 2. The summed E-state index contributed by atoms with van der Waals surface area (Å²) in [5, 5.41) is 8.07. The Balaban J connectivity index is 0. The Hall–Kier alpha value is -0.920. The first kappa shape index (κ1) is 16.5. The lowest BCUT2D eigenvalue weighted by Gasteiger charge is -2.06. The average Bonchev–Trinajstić information content (AvgIpc) is 2.26. The molecule has 0 saturated heterocycles. The van der Waals surface area contributed by atoms with E-state index in [1.165, 1.54) is 0 Å². The second-order valence-corrected chi connectivity index (χ2v) is 3.65. The molecule has 0 aliphatic rings. The van der Waals surface area contributed by atoms with E-state index >= 15 is 0 Å². The van der Waals surface area contributed by atoms with E-state index < -0.39 is 0 Å². The minimum atomic E-state index is 0.355. The highest BCUT2D eigenvalue weighted by Gasteiger charge is 2.03. The van der Waals surface area contributed by atoms with Gasteiger partial charge in [-0.15, -0.1) is 0 Å². The van der Waals surface area contributed by atoms with E-state index in [-0.39, 0.29) is 0 Å². The summed E-state index contributed by atoms with van der Waals surface area (Å²) in [6.45, 7) is 20.0. The van der Waals surface area contributed by atoms with Gasteiger partial charge >= 0.3 is 0 Å². The van der Waals surface area contributed by atoms with E-state index in [1.54, 1.807) is 0 Å². The number of nitrogens with zero attached hydrogens (tertiary/aromatic N) is 2. The molecule has 15 heavy (non-hydrogen) atoms. The van der Waals surface area contributed by atoms with Crippen molar-refractivity contribution in [1.29, 1.82) is 0 Å². The summed E-state index contributed by atoms with van der Waals surface area (Å²) in [6.07, 6.45) is 1.05. The molecule has 1 atom stereocenters. The highest BCUT2D eigenvalue weighted by atomic mass is 15.1. The topological polar surface area (TPSA) is 24.7 Å². The molecule has 0 bridgehead atoms. The molecule has 0 aromatic rings. The first-order chi connectivity index (χ1) is 6.99. The Kier molecular flexibility index (Phi) is 10.6. The van der Waals surface area contributed by atoms with Gasteiger partial charge in [-0.1, -0.05) is 54.7 Å². The highest BCUT2D eigenvalue weighted by molar-refractivity contribution is 4.99. The van der Waals surface area contributed by atoms with E-state index in [9.17, 15) is 0 Å². The second-order valence-electron chi connectivity index (χ2n) is 3.65. The summed E-state index contributed by atoms with van der Waals surface area (Å²) in [6, 6.07) is 0. The molecule has 88 valence electrons. The third-order valence-corrected chi connectivity index (χ3v) is 2.15. The van der Waals surface area contributed by atoms with Crippen molar-refractivity contribution < 1.29 is 0 Å². The van der Waals surface area contributed by atoms with Crippen molar-refractivity contribution in [2.75, 3.05) is 0 Å². The van der Waals surface area contributed by atoms with Crippen molar-refractivity contribution in [3.05, 3.63) is 24.6 Å². The van der Waals surface area contributed by atoms with Crippen LogP contribution in [0.5, 0.6) is 0 Å². The molecule has 0 heterocycles. The maximum Gasteiger partial charge on any atom is 0.0587 e. The smallest absolute Gasteiger partial charge is 0.0587 e. The van der Waals surface area contributed by atoms with E-state index in [1.807, 2.05) is 27.7 Å². The van der Waals surface area contributed by atoms with Crippen molar-refractivity contribution in [3.8, 4) is 0 Å². The minimum Gasteiger partial charge on any atom is -0.156 e. The van der Waals surface area contributed by atoms with Crippen LogP contribution in [-0.4, -0.2) is 0 Å². The van der Waals surface area contributed by atoms with Crippen molar-refractivity contribution >= 4 is 0 Å². The van der Waals surface area contributed by atoms with Crippen molar-refractivity contribution in [3.63, 3.8) is 0 Å². The van der Waals surface area contributed by atoms with Gasteiger partial charge < -0.3 is 0 Å². The Bertz CT molecular complexity index is 215. The highest BCUT2D eigenvalue weighted by Crippen LogP contribution is 2.16. The van der Waals surface area contributed by atoms with Gasteiger partial charge in [-0.3, -0.25) is 0 Å². The van der Waals surface area contributed by atoms with E-state index in [0.717, 1.165) is 17.8 Å². The van der Waals surface area contributed by atoms with Crippen LogP contribution in [0, 0.1) is 11.8 Å². The summed E-state index contributed by atoms with van der Waals surface area (Å²) >= 11 is 0. The average molecular weight is 210 g/mol. The molecule has 0 aromatic heterocycles. The fourth-order valence-electron chi connectivity index (χ4n) is 0.578. The first-order valence-corrected chi connectivity index (χ1v) is 5.78. The molecule has 1 unspecified atom stereocenters. The van der Waals surface area contributed by atoms with E-state index in [0.29, 0.717) is 11.8 Å². The van der Waals surface area contributed by atoms with Crippen LogP contribution in [0.15, 0.2) is 34.8 Å². The molecule has 2 nitrogen and oxygen atoms in total. The Morgan fingerprint density at radius 2 is 1.40 bits per heavy atom. The molecular weight excluding hydrogens is 184 g/mol. The molecule has 0 aromatic carbocycles. The molecule has 2 heteroatoms. The number of rotatable bonds is 5. The molecule has 0 fully saturated rings. The number of hydrogen-bond acceptors (Lipinski definition) is 2. The summed E-state index contributed by atoms with van der Waals surface area (Å²) in [7, 11) is 0. The second kappa shape index (κ2) is 9.63. The van der Waals surface area contributed by atoms with Gasteiger partial charge in [-0.2, -0.15) is 10.2 Å². The zero-order chi connectivity index (χ0) is 12.4. The third-order valence-electron chi connectivity index (χ3n) is 2.15. The summed E-state index contributed by atoms with van der Waals surface area (Å²) in [5.74, 6) is 0.761. The van der Waals surface area contributed by atoms with Crippen LogP contribution in [0.3, 0.4) is 0 Å². The Morgan fingerprint density at radius 1 is 1.00 bits per heavy atom. The van der Waals surface area contributed by atoms with Gasteiger partial charge in [0.2, 0.25) is 0 Å². The monoisotopic (exact) mass is 210 g/mol. The zero-order valence-corrected chi connectivity index (χ0v) is 11.2. The van der Waals surface area contributed by atoms with E-state index in [4.69, 9.17) is 0 Å². The molecule has 0 radical (unpaired) electrons. The molecular formula is C13H26N2. The van der Waals surface area contributed by atoms with Crippen molar-refractivity contribution in [2.24, 2.45) is 22.1 Å². The van der Waals surface area contributed by atoms with Crippen molar-refractivity contribution in [2.45, 2.75) is 48.0 Å². The van der Waals surface area contributed by atoms with Crippen LogP contribution < -0.4 is 0 Å². The Labute approximate surface area is 95.2 Å². The van der Waals surface area contributed by atoms with Crippen LogP contribution in [0.1, 0.15) is 48.0 Å². The Morgan fingerprint density at radius 3 is 1.73 bits per heavy atom. The molecule has 0 amide bonds. The van der Waals surface area contributed by atoms with Crippen LogP contribution in [-0.2, 0) is 0 Å². The molecule has 0 saturated carbocycles. The maximum atomic E-state index is 4.05. The number of hydrogen-bond donors (Lipinski definition) is 0. The minimum absolute atomic E-state index is 0.355. The first-order valence-electron chi connectivity index (χ1n) is 5.78. The third kappa shape index (κ3) is 8.10. The van der Waals surface area contributed by atoms with Gasteiger partial charge in [0.05, 0.1) is 11.4 Å². The fourth-order valence-corrected chi connectivity index (χ4v) is 0.578.